The van der Waals surface area contributed by atoms with Crippen molar-refractivity contribution < 1.29 is 9.90 Å². The summed E-state index contributed by atoms with van der Waals surface area (Å²) in [6.45, 7) is 4.26. The van der Waals surface area contributed by atoms with E-state index in [1.807, 2.05) is 12.1 Å². The molecule has 1 heterocycles. The van der Waals surface area contributed by atoms with Crippen molar-refractivity contribution in [3.05, 3.63) is 41.2 Å². The molecule has 118 valence electrons. The van der Waals surface area contributed by atoms with Crippen molar-refractivity contribution in [1.29, 1.82) is 0 Å². The summed E-state index contributed by atoms with van der Waals surface area (Å²) in [5.41, 5.74) is 2.89. The van der Waals surface area contributed by atoms with Crippen LogP contribution in [0, 0.1) is 0 Å². The summed E-state index contributed by atoms with van der Waals surface area (Å²) < 4.78 is 1.66. The molecule has 5 heteroatoms. The van der Waals surface area contributed by atoms with Gasteiger partial charge in [-0.3, -0.25) is 0 Å². The normalized spacial score (nSPS) is 10.8. The van der Waals surface area contributed by atoms with Crippen LogP contribution in [0.15, 0.2) is 24.3 Å². The summed E-state index contributed by atoms with van der Waals surface area (Å²) >= 11 is 0. The predicted octanol–water partition coefficient (Wildman–Crippen LogP) is 3.65. The van der Waals surface area contributed by atoms with Crippen LogP contribution in [0.4, 0.5) is 0 Å². The number of carbonyl (C=O) groups is 1. The van der Waals surface area contributed by atoms with E-state index in [9.17, 15) is 9.90 Å². The molecule has 0 saturated heterocycles. The topological polar surface area (TPSA) is 68.0 Å². The van der Waals surface area contributed by atoms with Crippen molar-refractivity contribution in [2.75, 3.05) is 0 Å². The van der Waals surface area contributed by atoms with Crippen molar-refractivity contribution in [1.82, 2.24) is 15.0 Å². The van der Waals surface area contributed by atoms with Crippen LogP contribution in [0.5, 0.6) is 0 Å². The Morgan fingerprint density at radius 1 is 1.09 bits per heavy atom. The van der Waals surface area contributed by atoms with Crippen molar-refractivity contribution in [3.8, 4) is 5.69 Å². The molecule has 22 heavy (non-hydrogen) atoms. The van der Waals surface area contributed by atoms with E-state index in [2.05, 4.69) is 36.3 Å². The van der Waals surface area contributed by atoms with Gasteiger partial charge < -0.3 is 5.11 Å². The Hall–Kier alpha value is -2.17. The fraction of sp³-hybridized carbons (Fsp3) is 0.471. The number of carboxylic acid groups (broad SMARTS) is 1. The fourth-order valence-corrected chi connectivity index (χ4v) is 2.43. The molecule has 1 aromatic heterocycles. The Labute approximate surface area is 131 Å². The largest absolute Gasteiger partial charge is 0.476 e. The van der Waals surface area contributed by atoms with Gasteiger partial charge in [0.15, 0.2) is 5.69 Å². The van der Waals surface area contributed by atoms with Crippen molar-refractivity contribution in [2.24, 2.45) is 0 Å². The average Bonchev–Trinajstić information content (AvgIpc) is 2.95. The van der Waals surface area contributed by atoms with Gasteiger partial charge in [0.1, 0.15) is 0 Å². The summed E-state index contributed by atoms with van der Waals surface area (Å²) in [4.78, 5) is 11.3. The molecule has 0 bridgehead atoms. The molecular formula is C17H23N3O2. The number of unbranched alkanes of at least 4 members (excludes halogenated alkanes) is 2. The first-order chi connectivity index (χ1) is 10.7. The van der Waals surface area contributed by atoms with Crippen LogP contribution in [0.1, 0.15) is 61.3 Å². The molecule has 0 unspecified atom stereocenters. The summed E-state index contributed by atoms with van der Waals surface area (Å²) in [7, 11) is 0. The zero-order valence-electron chi connectivity index (χ0n) is 13.2. The lowest BCUT2D eigenvalue weighted by Gasteiger charge is -2.08. The molecule has 0 spiro atoms. The number of aryl methyl sites for hydroxylation is 1. The number of hydrogen-bond acceptors (Lipinski definition) is 3. The van der Waals surface area contributed by atoms with Gasteiger partial charge in [-0.1, -0.05) is 44.0 Å². The van der Waals surface area contributed by atoms with Crippen LogP contribution in [0.25, 0.3) is 5.69 Å². The van der Waals surface area contributed by atoms with E-state index in [1.54, 1.807) is 4.68 Å². The monoisotopic (exact) mass is 301 g/mol. The first-order valence-electron chi connectivity index (χ1n) is 7.94. The minimum atomic E-state index is -1.02. The molecule has 0 fully saturated rings. The maximum Gasteiger partial charge on any atom is 0.358 e. The van der Waals surface area contributed by atoms with E-state index in [4.69, 9.17) is 0 Å². The molecule has 2 rings (SSSR count). The van der Waals surface area contributed by atoms with Crippen LogP contribution in [-0.2, 0) is 12.8 Å². The average molecular weight is 301 g/mol. The highest BCUT2D eigenvalue weighted by Crippen LogP contribution is 2.17. The van der Waals surface area contributed by atoms with Gasteiger partial charge in [-0.05, 0) is 43.4 Å². The highest BCUT2D eigenvalue weighted by atomic mass is 16.4. The quantitative estimate of drug-likeness (QED) is 0.808. The first-order valence-corrected chi connectivity index (χ1v) is 7.94. The van der Waals surface area contributed by atoms with Crippen LogP contribution >= 0.6 is 0 Å². The summed E-state index contributed by atoms with van der Waals surface area (Å²) in [5, 5.41) is 17.1. The van der Waals surface area contributed by atoms with Gasteiger partial charge >= 0.3 is 5.97 Å². The number of hydrogen-bond donors (Lipinski definition) is 1. The highest BCUT2D eigenvalue weighted by Gasteiger charge is 2.19. The Kier molecular flexibility index (Phi) is 5.69. The smallest absolute Gasteiger partial charge is 0.358 e. The number of rotatable bonds is 8. The molecule has 1 N–H and O–H groups in total. The van der Waals surface area contributed by atoms with E-state index in [0.717, 1.165) is 24.9 Å². The minimum Gasteiger partial charge on any atom is -0.476 e. The summed E-state index contributed by atoms with van der Waals surface area (Å²) in [5.74, 6) is -1.02. The second kappa shape index (κ2) is 7.73. The van der Waals surface area contributed by atoms with E-state index in [0.29, 0.717) is 12.1 Å². The molecule has 0 aliphatic heterocycles. The van der Waals surface area contributed by atoms with Crippen molar-refractivity contribution in [3.63, 3.8) is 0 Å². The lowest BCUT2D eigenvalue weighted by Crippen LogP contribution is -2.07. The maximum atomic E-state index is 11.3. The van der Waals surface area contributed by atoms with Gasteiger partial charge in [0.25, 0.3) is 0 Å². The maximum absolute atomic E-state index is 11.3. The molecule has 0 aliphatic rings. The van der Waals surface area contributed by atoms with E-state index in [1.165, 1.54) is 18.4 Å². The third-order valence-corrected chi connectivity index (χ3v) is 3.73. The molecule has 1 aromatic carbocycles. The fourth-order valence-electron chi connectivity index (χ4n) is 2.43. The summed E-state index contributed by atoms with van der Waals surface area (Å²) in [6.07, 6.45) is 6.00. The third-order valence-electron chi connectivity index (χ3n) is 3.73. The van der Waals surface area contributed by atoms with Crippen LogP contribution in [-0.4, -0.2) is 26.1 Å². The number of aromatic carboxylic acids is 1. The number of benzene rings is 1. The molecule has 5 nitrogen and oxygen atoms in total. The lowest BCUT2D eigenvalue weighted by atomic mass is 10.1. The van der Waals surface area contributed by atoms with Gasteiger partial charge in [0.05, 0.1) is 11.4 Å². The molecular weight excluding hydrogens is 278 g/mol. The van der Waals surface area contributed by atoms with Gasteiger partial charge in [-0.15, -0.1) is 5.10 Å². The predicted molar refractivity (Wildman–Crippen MR) is 85.5 cm³/mol. The van der Waals surface area contributed by atoms with Crippen molar-refractivity contribution in [2.45, 2.75) is 52.4 Å². The number of aromatic nitrogens is 3. The second-order valence-corrected chi connectivity index (χ2v) is 5.48. The minimum absolute atomic E-state index is 0.0588. The third kappa shape index (κ3) is 3.72. The van der Waals surface area contributed by atoms with Gasteiger partial charge in [0.2, 0.25) is 0 Å². The number of nitrogens with zero attached hydrogens (tertiary/aromatic N) is 3. The lowest BCUT2D eigenvalue weighted by molar-refractivity contribution is 0.0689. The highest BCUT2D eigenvalue weighted by molar-refractivity contribution is 5.86. The van der Waals surface area contributed by atoms with E-state index < -0.39 is 5.97 Å². The SMILES string of the molecule is CCCCc1ccc(-n2nnc(C(=O)O)c2CCCC)cc1. The first kappa shape index (κ1) is 16.2. The molecule has 0 atom stereocenters. The molecule has 0 aliphatic carbocycles. The van der Waals surface area contributed by atoms with Crippen molar-refractivity contribution >= 4 is 5.97 Å². The van der Waals surface area contributed by atoms with Crippen LogP contribution < -0.4 is 0 Å². The zero-order valence-corrected chi connectivity index (χ0v) is 13.2. The van der Waals surface area contributed by atoms with E-state index in [-0.39, 0.29) is 5.69 Å². The number of carboxylic acids is 1. The van der Waals surface area contributed by atoms with Gasteiger partial charge in [-0.25, -0.2) is 9.48 Å². The zero-order chi connectivity index (χ0) is 15.9. The van der Waals surface area contributed by atoms with Crippen LogP contribution in [0.3, 0.4) is 0 Å². The Morgan fingerprint density at radius 2 is 1.73 bits per heavy atom. The molecule has 2 aromatic rings. The molecule has 0 saturated carbocycles. The van der Waals surface area contributed by atoms with Gasteiger partial charge in [-0.2, -0.15) is 0 Å². The summed E-state index contributed by atoms with van der Waals surface area (Å²) in [6, 6.07) is 8.13. The standard InChI is InChI=1S/C17H23N3O2/c1-3-5-7-13-9-11-14(12-10-13)20-15(8-6-4-2)16(17(21)22)18-19-20/h9-12H,3-8H2,1-2H3,(H,21,22). The van der Waals surface area contributed by atoms with E-state index >= 15 is 0 Å². The molecule has 0 radical (unpaired) electrons. The Bertz CT molecular complexity index is 617. The van der Waals surface area contributed by atoms with Crippen LogP contribution in [0.2, 0.25) is 0 Å². The van der Waals surface area contributed by atoms with Gasteiger partial charge in [0, 0.05) is 0 Å². The second-order valence-electron chi connectivity index (χ2n) is 5.48. The Balaban J connectivity index is 2.29. The molecule has 0 amide bonds. The Morgan fingerprint density at radius 3 is 2.32 bits per heavy atom.